The molecule has 4 unspecified atom stereocenters. The Bertz CT molecular complexity index is 174. The molecule has 62 valence electrons. The molecular weight excluding hydrogens is 136 g/mol. The van der Waals surface area contributed by atoms with E-state index in [1.165, 1.54) is 12.8 Å². The molecule has 0 radical (unpaired) electrons. The van der Waals surface area contributed by atoms with E-state index >= 15 is 0 Å². The van der Waals surface area contributed by atoms with Crippen LogP contribution in [0.25, 0.3) is 0 Å². The number of hydrogen-bond acceptors (Lipinski definition) is 1. The lowest BCUT2D eigenvalue weighted by Gasteiger charge is -2.23. The monoisotopic (exact) mass is 152 g/mol. The molecule has 0 saturated heterocycles. The van der Waals surface area contributed by atoms with E-state index in [4.69, 9.17) is 5.11 Å². The summed E-state index contributed by atoms with van der Waals surface area (Å²) in [5.41, 5.74) is 0. The van der Waals surface area contributed by atoms with Crippen molar-refractivity contribution < 1.29 is 5.11 Å². The van der Waals surface area contributed by atoms with Gasteiger partial charge in [-0.15, -0.1) is 0 Å². The van der Waals surface area contributed by atoms with E-state index in [1.54, 1.807) is 0 Å². The molecule has 0 aliphatic heterocycles. The third kappa shape index (κ3) is 1.12. The Morgan fingerprint density at radius 1 is 1.45 bits per heavy atom. The summed E-state index contributed by atoms with van der Waals surface area (Å²) in [6, 6.07) is 0. The molecule has 11 heavy (non-hydrogen) atoms. The Hall–Kier alpha value is -0.300. The fraction of sp³-hybridized carbons (Fsp3) is 0.800. The number of rotatable bonds is 2. The Morgan fingerprint density at radius 2 is 2.27 bits per heavy atom. The smallest absolute Gasteiger partial charge is 0.0459 e. The highest BCUT2D eigenvalue weighted by molar-refractivity contribution is 5.10. The number of hydrogen-bond donors (Lipinski definition) is 1. The van der Waals surface area contributed by atoms with Gasteiger partial charge in [0, 0.05) is 6.61 Å². The Morgan fingerprint density at radius 3 is 2.73 bits per heavy atom. The summed E-state index contributed by atoms with van der Waals surface area (Å²) in [6.45, 7) is 2.53. The summed E-state index contributed by atoms with van der Waals surface area (Å²) < 4.78 is 0. The zero-order valence-electron chi connectivity index (χ0n) is 7.03. The van der Waals surface area contributed by atoms with Gasteiger partial charge in [-0.25, -0.2) is 0 Å². The van der Waals surface area contributed by atoms with Crippen LogP contribution in [-0.4, -0.2) is 11.7 Å². The molecule has 1 saturated carbocycles. The van der Waals surface area contributed by atoms with Gasteiger partial charge in [-0.2, -0.15) is 0 Å². The maximum atomic E-state index is 9.00. The standard InChI is InChI=1S/C10H16O/c1-7(6-11)10-5-8-2-3-9(10)4-8/h2-3,7-11H,4-6H2,1H3. The second kappa shape index (κ2) is 2.63. The van der Waals surface area contributed by atoms with E-state index in [1.807, 2.05) is 0 Å². The molecule has 0 spiro atoms. The summed E-state index contributed by atoms with van der Waals surface area (Å²) in [6.07, 6.45) is 7.38. The molecule has 2 rings (SSSR count). The quantitative estimate of drug-likeness (QED) is 0.598. The Kier molecular flexibility index (Phi) is 1.76. The predicted octanol–water partition coefficient (Wildman–Crippen LogP) is 1.83. The fourth-order valence-electron chi connectivity index (χ4n) is 2.61. The minimum absolute atomic E-state index is 0.363. The van der Waals surface area contributed by atoms with Gasteiger partial charge in [-0.1, -0.05) is 19.1 Å². The highest BCUT2D eigenvalue weighted by atomic mass is 16.3. The van der Waals surface area contributed by atoms with Crippen molar-refractivity contribution in [3.8, 4) is 0 Å². The van der Waals surface area contributed by atoms with Crippen LogP contribution in [-0.2, 0) is 0 Å². The first kappa shape index (κ1) is 7.35. The maximum absolute atomic E-state index is 9.00. The van der Waals surface area contributed by atoms with E-state index in [9.17, 15) is 0 Å². The molecule has 0 aromatic carbocycles. The van der Waals surface area contributed by atoms with Crippen molar-refractivity contribution in [3.05, 3.63) is 12.2 Å². The molecule has 0 aromatic rings. The maximum Gasteiger partial charge on any atom is 0.0459 e. The average molecular weight is 152 g/mol. The van der Waals surface area contributed by atoms with Crippen LogP contribution >= 0.6 is 0 Å². The van der Waals surface area contributed by atoms with Crippen LogP contribution in [0.4, 0.5) is 0 Å². The number of aliphatic hydroxyl groups excluding tert-OH is 1. The van der Waals surface area contributed by atoms with Gasteiger partial charge >= 0.3 is 0 Å². The van der Waals surface area contributed by atoms with Crippen LogP contribution in [0.15, 0.2) is 12.2 Å². The van der Waals surface area contributed by atoms with Crippen molar-refractivity contribution in [3.63, 3.8) is 0 Å². The van der Waals surface area contributed by atoms with Gasteiger partial charge in [-0.05, 0) is 36.5 Å². The van der Waals surface area contributed by atoms with Crippen molar-refractivity contribution in [2.45, 2.75) is 19.8 Å². The van der Waals surface area contributed by atoms with Gasteiger partial charge in [0.15, 0.2) is 0 Å². The topological polar surface area (TPSA) is 20.2 Å². The minimum atomic E-state index is 0.363. The fourth-order valence-corrected chi connectivity index (χ4v) is 2.61. The second-order valence-electron chi connectivity index (χ2n) is 4.10. The molecule has 2 aliphatic rings. The van der Waals surface area contributed by atoms with Gasteiger partial charge in [0.05, 0.1) is 0 Å². The van der Waals surface area contributed by atoms with Crippen LogP contribution < -0.4 is 0 Å². The molecule has 4 atom stereocenters. The van der Waals surface area contributed by atoms with Crippen molar-refractivity contribution in [1.29, 1.82) is 0 Å². The molecule has 2 aliphatic carbocycles. The van der Waals surface area contributed by atoms with Gasteiger partial charge in [-0.3, -0.25) is 0 Å². The molecule has 1 heteroatoms. The van der Waals surface area contributed by atoms with Crippen molar-refractivity contribution in [1.82, 2.24) is 0 Å². The van der Waals surface area contributed by atoms with Crippen LogP contribution in [0.1, 0.15) is 19.8 Å². The van der Waals surface area contributed by atoms with Crippen molar-refractivity contribution in [2.24, 2.45) is 23.7 Å². The molecule has 1 N–H and O–H groups in total. The third-order valence-electron chi connectivity index (χ3n) is 3.35. The van der Waals surface area contributed by atoms with E-state index in [0.717, 1.165) is 17.8 Å². The normalized spacial score (nSPS) is 43.3. The number of aliphatic hydroxyl groups is 1. The van der Waals surface area contributed by atoms with Gasteiger partial charge in [0.25, 0.3) is 0 Å². The molecule has 0 heterocycles. The summed E-state index contributed by atoms with van der Waals surface area (Å²) in [5.74, 6) is 2.92. The summed E-state index contributed by atoms with van der Waals surface area (Å²) in [4.78, 5) is 0. The highest BCUT2D eigenvalue weighted by Gasteiger charge is 2.37. The summed E-state index contributed by atoms with van der Waals surface area (Å²) in [5, 5.41) is 9.00. The average Bonchev–Trinajstić information content (AvgIpc) is 2.62. The Balaban J connectivity index is 2.02. The number of allylic oxidation sites excluding steroid dienone is 2. The molecule has 2 bridgehead atoms. The lowest BCUT2D eigenvalue weighted by atomic mass is 9.83. The second-order valence-corrected chi connectivity index (χ2v) is 4.10. The summed E-state index contributed by atoms with van der Waals surface area (Å²) in [7, 11) is 0. The zero-order valence-corrected chi connectivity index (χ0v) is 7.03. The lowest BCUT2D eigenvalue weighted by Crippen LogP contribution is -2.19. The van der Waals surface area contributed by atoms with Crippen molar-refractivity contribution >= 4 is 0 Å². The minimum Gasteiger partial charge on any atom is -0.396 e. The molecule has 0 aromatic heterocycles. The predicted molar refractivity (Wildman–Crippen MR) is 45.1 cm³/mol. The molecule has 1 nitrogen and oxygen atoms in total. The van der Waals surface area contributed by atoms with E-state index in [2.05, 4.69) is 19.1 Å². The highest BCUT2D eigenvalue weighted by Crippen LogP contribution is 2.46. The van der Waals surface area contributed by atoms with E-state index < -0.39 is 0 Å². The molecular formula is C10H16O. The molecule has 0 amide bonds. The Labute approximate surface area is 68.1 Å². The third-order valence-corrected chi connectivity index (χ3v) is 3.35. The van der Waals surface area contributed by atoms with Gasteiger partial charge < -0.3 is 5.11 Å². The van der Waals surface area contributed by atoms with Crippen LogP contribution in [0.5, 0.6) is 0 Å². The van der Waals surface area contributed by atoms with Crippen LogP contribution in [0.2, 0.25) is 0 Å². The van der Waals surface area contributed by atoms with Crippen LogP contribution in [0, 0.1) is 23.7 Å². The van der Waals surface area contributed by atoms with Gasteiger partial charge in [0.2, 0.25) is 0 Å². The first-order valence-corrected chi connectivity index (χ1v) is 4.60. The van der Waals surface area contributed by atoms with Gasteiger partial charge in [0.1, 0.15) is 0 Å². The van der Waals surface area contributed by atoms with Crippen LogP contribution in [0.3, 0.4) is 0 Å². The van der Waals surface area contributed by atoms with Crippen molar-refractivity contribution in [2.75, 3.05) is 6.61 Å². The molecule has 1 fully saturated rings. The summed E-state index contributed by atoms with van der Waals surface area (Å²) >= 11 is 0. The number of fused-ring (bicyclic) bond motifs is 2. The van der Waals surface area contributed by atoms with E-state index in [0.29, 0.717) is 12.5 Å². The zero-order chi connectivity index (χ0) is 7.84. The van der Waals surface area contributed by atoms with E-state index in [-0.39, 0.29) is 0 Å². The first-order chi connectivity index (χ1) is 5.31. The largest absolute Gasteiger partial charge is 0.396 e. The first-order valence-electron chi connectivity index (χ1n) is 4.60. The SMILES string of the molecule is CC(CO)C1CC2C=CC1C2. The lowest BCUT2D eigenvalue weighted by molar-refractivity contribution is 0.172.